The molecule has 1 heterocycles. The topological polar surface area (TPSA) is 24.9 Å². The molecule has 1 N–H and O–H groups in total. The molecule has 0 fully saturated rings. The highest BCUT2D eigenvalue weighted by Gasteiger charge is 2.11. The zero-order valence-corrected chi connectivity index (χ0v) is 11.8. The lowest BCUT2D eigenvalue weighted by atomic mass is 10.1. The van der Waals surface area contributed by atoms with Crippen molar-refractivity contribution in [1.82, 2.24) is 4.98 Å². The predicted octanol–water partition coefficient (Wildman–Crippen LogP) is 4.87. The quantitative estimate of drug-likeness (QED) is 0.868. The molecule has 0 aliphatic rings. The molecule has 0 bridgehead atoms. The van der Waals surface area contributed by atoms with Gasteiger partial charge in [-0.15, -0.1) is 0 Å². The van der Waals surface area contributed by atoms with Crippen molar-refractivity contribution in [3.8, 4) is 0 Å². The van der Waals surface area contributed by atoms with Crippen molar-refractivity contribution >= 4 is 29.0 Å². The molecular formula is C14H14Cl2N2. The Kier molecular flexibility index (Phi) is 4.10. The molecule has 0 saturated carbocycles. The average molecular weight is 281 g/mol. The molecule has 0 spiro atoms. The molecule has 1 aromatic carbocycles. The Bertz CT molecular complexity index is 555. The maximum absolute atomic E-state index is 6.19. The third kappa shape index (κ3) is 2.95. The van der Waals surface area contributed by atoms with Gasteiger partial charge in [0.25, 0.3) is 0 Å². The average Bonchev–Trinajstić information content (AvgIpc) is 2.32. The van der Waals surface area contributed by atoms with E-state index in [1.165, 1.54) is 0 Å². The van der Waals surface area contributed by atoms with Crippen LogP contribution in [0.5, 0.6) is 0 Å². The number of nitrogens with one attached hydrogen (secondary N) is 1. The minimum absolute atomic E-state index is 0.0726. The molecule has 94 valence electrons. The smallest absolute Gasteiger partial charge is 0.129 e. The number of halogens is 2. The molecule has 1 aromatic heterocycles. The number of pyridine rings is 1. The van der Waals surface area contributed by atoms with E-state index >= 15 is 0 Å². The van der Waals surface area contributed by atoms with Crippen LogP contribution in [0, 0.1) is 6.92 Å². The van der Waals surface area contributed by atoms with Gasteiger partial charge in [0, 0.05) is 16.2 Å². The summed E-state index contributed by atoms with van der Waals surface area (Å²) in [6.45, 7) is 4.06. The van der Waals surface area contributed by atoms with Gasteiger partial charge in [-0.3, -0.25) is 0 Å². The van der Waals surface area contributed by atoms with E-state index in [0.29, 0.717) is 10.0 Å². The molecular weight excluding hydrogens is 267 g/mol. The minimum Gasteiger partial charge on any atom is -0.363 e. The van der Waals surface area contributed by atoms with E-state index in [2.05, 4.69) is 10.3 Å². The van der Waals surface area contributed by atoms with Crippen molar-refractivity contribution in [3.05, 3.63) is 57.7 Å². The number of anilines is 1. The number of rotatable bonds is 3. The maximum Gasteiger partial charge on any atom is 0.129 e. The minimum atomic E-state index is 0.0726. The lowest BCUT2D eigenvalue weighted by Crippen LogP contribution is -2.09. The highest BCUT2D eigenvalue weighted by Crippen LogP contribution is 2.28. The van der Waals surface area contributed by atoms with Gasteiger partial charge in [0.05, 0.1) is 6.04 Å². The molecule has 1 unspecified atom stereocenters. The molecule has 0 aliphatic carbocycles. The Labute approximate surface area is 117 Å². The summed E-state index contributed by atoms with van der Waals surface area (Å²) in [7, 11) is 0. The highest BCUT2D eigenvalue weighted by molar-refractivity contribution is 6.35. The summed E-state index contributed by atoms with van der Waals surface area (Å²) in [6.07, 6.45) is 1.77. The molecule has 18 heavy (non-hydrogen) atoms. The molecule has 0 radical (unpaired) electrons. The number of nitrogens with zero attached hydrogens (tertiary/aromatic N) is 1. The van der Waals surface area contributed by atoms with E-state index in [1.54, 1.807) is 12.3 Å². The third-order valence-electron chi connectivity index (χ3n) is 2.79. The second kappa shape index (κ2) is 5.59. The van der Waals surface area contributed by atoms with Gasteiger partial charge < -0.3 is 5.32 Å². The Hall–Kier alpha value is -1.25. The molecule has 0 aliphatic heterocycles. The van der Waals surface area contributed by atoms with Crippen LogP contribution < -0.4 is 5.32 Å². The van der Waals surface area contributed by atoms with Crippen LogP contribution in [0.4, 0.5) is 5.82 Å². The molecule has 2 nitrogen and oxygen atoms in total. The predicted molar refractivity (Wildman–Crippen MR) is 77.5 cm³/mol. The SMILES string of the molecule is Cc1cccnc1NC(C)c1ccc(Cl)cc1Cl. The van der Waals surface area contributed by atoms with Crippen LogP contribution >= 0.6 is 23.2 Å². The van der Waals surface area contributed by atoms with Crippen LogP contribution in [0.3, 0.4) is 0 Å². The zero-order valence-electron chi connectivity index (χ0n) is 10.2. The second-order valence-electron chi connectivity index (χ2n) is 4.20. The van der Waals surface area contributed by atoms with Crippen molar-refractivity contribution in [3.63, 3.8) is 0 Å². The number of aryl methyl sites for hydroxylation is 1. The highest BCUT2D eigenvalue weighted by atomic mass is 35.5. The van der Waals surface area contributed by atoms with Gasteiger partial charge in [-0.25, -0.2) is 4.98 Å². The van der Waals surface area contributed by atoms with Crippen LogP contribution in [-0.4, -0.2) is 4.98 Å². The molecule has 4 heteroatoms. The monoisotopic (exact) mass is 280 g/mol. The molecule has 1 atom stereocenters. The van der Waals surface area contributed by atoms with E-state index in [0.717, 1.165) is 16.9 Å². The standard InChI is InChI=1S/C14H14Cl2N2/c1-9-4-3-7-17-14(9)18-10(2)12-6-5-11(15)8-13(12)16/h3-8,10H,1-2H3,(H,17,18). The van der Waals surface area contributed by atoms with Crippen molar-refractivity contribution in [2.24, 2.45) is 0 Å². The van der Waals surface area contributed by atoms with Crippen molar-refractivity contribution < 1.29 is 0 Å². The fraction of sp³-hybridized carbons (Fsp3) is 0.214. The van der Waals surface area contributed by atoms with Crippen LogP contribution in [-0.2, 0) is 0 Å². The normalized spacial score (nSPS) is 12.2. The number of aromatic nitrogens is 1. The van der Waals surface area contributed by atoms with Crippen LogP contribution in [0.15, 0.2) is 36.5 Å². The van der Waals surface area contributed by atoms with E-state index < -0.39 is 0 Å². The first-order valence-electron chi connectivity index (χ1n) is 5.71. The molecule has 0 amide bonds. The lowest BCUT2D eigenvalue weighted by Gasteiger charge is -2.17. The fourth-order valence-electron chi connectivity index (χ4n) is 1.77. The molecule has 0 saturated heterocycles. The first-order valence-corrected chi connectivity index (χ1v) is 6.46. The number of hydrogen-bond donors (Lipinski definition) is 1. The summed E-state index contributed by atoms with van der Waals surface area (Å²) in [5.41, 5.74) is 2.11. The summed E-state index contributed by atoms with van der Waals surface area (Å²) >= 11 is 12.1. The van der Waals surface area contributed by atoms with Gasteiger partial charge in [-0.05, 0) is 43.2 Å². The summed E-state index contributed by atoms with van der Waals surface area (Å²) in [5.74, 6) is 0.871. The molecule has 2 rings (SSSR count). The van der Waals surface area contributed by atoms with Crippen molar-refractivity contribution in [1.29, 1.82) is 0 Å². The van der Waals surface area contributed by atoms with Gasteiger partial charge in [0.2, 0.25) is 0 Å². The van der Waals surface area contributed by atoms with Gasteiger partial charge in [-0.1, -0.05) is 35.3 Å². The summed E-state index contributed by atoms with van der Waals surface area (Å²) in [6, 6.07) is 9.53. The Balaban J connectivity index is 2.22. The third-order valence-corrected chi connectivity index (χ3v) is 3.35. The van der Waals surface area contributed by atoms with Crippen LogP contribution in [0.25, 0.3) is 0 Å². The Morgan fingerprint density at radius 1 is 1.22 bits per heavy atom. The Morgan fingerprint density at radius 2 is 2.00 bits per heavy atom. The summed E-state index contributed by atoms with van der Waals surface area (Å²) < 4.78 is 0. The maximum atomic E-state index is 6.19. The molecule has 2 aromatic rings. The van der Waals surface area contributed by atoms with Gasteiger partial charge in [0.1, 0.15) is 5.82 Å². The summed E-state index contributed by atoms with van der Waals surface area (Å²) in [5, 5.41) is 4.65. The van der Waals surface area contributed by atoms with E-state index in [9.17, 15) is 0 Å². The van der Waals surface area contributed by atoms with Gasteiger partial charge in [0.15, 0.2) is 0 Å². The fourth-order valence-corrected chi connectivity index (χ4v) is 2.34. The van der Waals surface area contributed by atoms with E-state index in [-0.39, 0.29) is 6.04 Å². The lowest BCUT2D eigenvalue weighted by molar-refractivity contribution is 0.872. The first-order chi connectivity index (χ1) is 8.58. The van der Waals surface area contributed by atoms with E-state index in [1.807, 2.05) is 38.1 Å². The second-order valence-corrected chi connectivity index (χ2v) is 5.04. The van der Waals surface area contributed by atoms with Crippen molar-refractivity contribution in [2.75, 3.05) is 5.32 Å². The summed E-state index contributed by atoms with van der Waals surface area (Å²) in [4.78, 5) is 4.31. The largest absolute Gasteiger partial charge is 0.363 e. The first kappa shape index (κ1) is 13.2. The number of benzene rings is 1. The number of hydrogen-bond acceptors (Lipinski definition) is 2. The van der Waals surface area contributed by atoms with Gasteiger partial charge in [-0.2, -0.15) is 0 Å². The van der Waals surface area contributed by atoms with Crippen LogP contribution in [0.1, 0.15) is 24.1 Å². The van der Waals surface area contributed by atoms with Gasteiger partial charge >= 0.3 is 0 Å². The zero-order chi connectivity index (χ0) is 13.1. The van der Waals surface area contributed by atoms with Crippen molar-refractivity contribution in [2.45, 2.75) is 19.9 Å². The Morgan fingerprint density at radius 3 is 2.67 bits per heavy atom. The van der Waals surface area contributed by atoms with Crippen LogP contribution in [0.2, 0.25) is 10.0 Å². The van der Waals surface area contributed by atoms with E-state index in [4.69, 9.17) is 23.2 Å².